The van der Waals surface area contributed by atoms with Crippen molar-refractivity contribution in [1.82, 2.24) is 9.88 Å². The average molecular weight is 432 g/mol. The van der Waals surface area contributed by atoms with Gasteiger partial charge in [0, 0.05) is 24.2 Å². The number of likely N-dealkylation sites (N-methyl/N-ethyl adjacent to an activating group) is 1. The van der Waals surface area contributed by atoms with Crippen LogP contribution in [0, 0.1) is 12.7 Å². The van der Waals surface area contributed by atoms with Crippen molar-refractivity contribution < 1.29 is 14.0 Å². The zero-order valence-corrected chi connectivity index (χ0v) is 17.5. The van der Waals surface area contributed by atoms with Crippen LogP contribution in [-0.4, -0.2) is 35.3 Å². The van der Waals surface area contributed by atoms with Crippen molar-refractivity contribution >= 4 is 40.4 Å². The van der Waals surface area contributed by atoms with Gasteiger partial charge in [-0.1, -0.05) is 29.8 Å². The first-order chi connectivity index (χ1) is 13.8. The van der Waals surface area contributed by atoms with Crippen LogP contribution < -0.4 is 5.32 Å². The third kappa shape index (κ3) is 5.62. The van der Waals surface area contributed by atoms with Gasteiger partial charge < -0.3 is 10.2 Å². The second kappa shape index (κ2) is 9.15. The summed E-state index contributed by atoms with van der Waals surface area (Å²) in [6.07, 6.45) is 0.512. The number of aryl methyl sites for hydroxylation is 1. The molecule has 2 amide bonds. The van der Waals surface area contributed by atoms with E-state index in [9.17, 15) is 14.0 Å². The molecule has 0 saturated heterocycles. The number of amides is 2. The minimum Gasteiger partial charge on any atom is -0.332 e. The molecule has 1 aromatic heterocycles. The largest absolute Gasteiger partial charge is 0.332 e. The molecule has 0 radical (unpaired) electrons. The molecule has 0 unspecified atom stereocenters. The summed E-state index contributed by atoms with van der Waals surface area (Å²) in [5, 5.41) is 3.99. The van der Waals surface area contributed by atoms with E-state index in [1.807, 2.05) is 0 Å². The molecule has 150 valence electrons. The van der Waals surface area contributed by atoms with Crippen LogP contribution in [0.3, 0.4) is 0 Å². The van der Waals surface area contributed by atoms with Crippen LogP contribution in [0.25, 0.3) is 0 Å². The molecule has 29 heavy (non-hydrogen) atoms. The van der Waals surface area contributed by atoms with E-state index in [1.54, 1.807) is 50.4 Å². The molecule has 0 fully saturated rings. The summed E-state index contributed by atoms with van der Waals surface area (Å²) in [6, 6.07) is 13.0. The molecule has 0 bridgehead atoms. The summed E-state index contributed by atoms with van der Waals surface area (Å²) in [4.78, 5) is 31.3. The minimum atomic E-state index is -0.322. The molecule has 3 aromatic rings. The van der Waals surface area contributed by atoms with Crippen molar-refractivity contribution in [2.75, 3.05) is 18.9 Å². The lowest BCUT2D eigenvalue weighted by Crippen LogP contribution is -2.34. The van der Waals surface area contributed by atoms with E-state index in [1.165, 1.54) is 28.4 Å². The summed E-state index contributed by atoms with van der Waals surface area (Å²) in [6.45, 7) is 1.66. The van der Waals surface area contributed by atoms with Crippen molar-refractivity contribution in [1.29, 1.82) is 0 Å². The van der Waals surface area contributed by atoms with Gasteiger partial charge in [0.15, 0.2) is 0 Å². The lowest BCUT2D eigenvalue weighted by molar-refractivity contribution is -0.116. The van der Waals surface area contributed by atoms with E-state index >= 15 is 0 Å². The predicted octanol–water partition coefficient (Wildman–Crippen LogP) is 4.55. The second-order valence-corrected chi connectivity index (χ2v) is 8.07. The zero-order valence-electron chi connectivity index (χ0n) is 15.9. The number of halogens is 2. The van der Waals surface area contributed by atoms with Gasteiger partial charge >= 0.3 is 0 Å². The van der Waals surface area contributed by atoms with Gasteiger partial charge in [-0.25, -0.2) is 9.37 Å². The van der Waals surface area contributed by atoms with E-state index in [2.05, 4.69) is 10.3 Å². The molecule has 0 aliphatic carbocycles. The second-order valence-electron chi connectivity index (χ2n) is 6.55. The zero-order chi connectivity index (χ0) is 21.0. The quantitative estimate of drug-likeness (QED) is 0.623. The summed E-state index contributed by atoms with van der Waals surface area (Å²) < 4.78 is 13.0. The highest BCUT2D eigenvalue weighted by Gasteiger charge is 2.21. The van der Waals surface area contributed by atoms with Crippen LogP contribution in [0.5, 0.6) is 0 Å². The fourth-order valence-corrected chi connectivity index (χ4v) is 4.01. The van der Waals surface area contributed by atoms with Crippen LogP contribution in [0.1, 0.15) is 25.9 Å². The average Bonchev–Trinajstić information content (AvgIpc) is 3.03. The SMILES string of the molecule is Cc1nc(Cc2ccc(F)cc2)sc1C(=O)N(C)CC(=O)Nc1cccc(Cl)c1. The van der Waals surface area contributed by atoms with Crippen molar-refractivity contribution in [2.45, 2.75) is 13.3 Å². The predicted molar refractivity (Wildman–Crippen MR) is 113 cm³/mol. The third-order valence-corrected chi connectivity index (χ3v) is 5.52. The molecule has 8 heteroatoms. The molecular formula is C21H19ClFN3O2S. The van der Waals surface area contributed by atoms with Crippen LogP contribution in [0.15, 0.2) is 48.5 Å². The Balaban J connectivity index is 1.63. The number of hydrogen-bond acceptors (Lipinski definition) is 4. The number of aromatic nitrogens is 1. The molecule has 0 spiro atoms. The highest BCUT2D eigenvalue weighted by atomic mass is 35.5. The summed E-state index contributed by atoms with van der Waals surface area (Å²) in [5.74, 6) is -0.888. The van der Waals surface area contributed by atoms with Crippen LogP contribution in [0.4, 0.5) is 10.1 Å². The van der Waals surface area contributed by atoms with E-state index < -0.39 is 0 Å². The highest BCUT2D eigenvalue weighted by Crippen LogP contribution is 2.22. The maximum Gasteiger partial charge on any atom is 0.266 e. The number of benzene rings is 2. The molecule has 1 heterocycles. The van der Waals surface area contributed by atoms with Crippen molar-refractivity contribution in [3.8, 4) is 0 Å². The third-order valence-electron chi connectivity index (χ3n) is 4.14. The Kier molecular flexibility index (Phi) is 6.61. The van der Waals surface area contributed by atoms with E-state index in [0.29, 0.717) is 27.7 Å². The molecular weight excluding hydrogens is 413 g/mol. The molecule has 3 rings (SSSR count). The van der Waals surface area contributed by atoms with Gasteiger partial charge in [0.1, 0.15) is 10.7 Å². The molecule has 0 atom stereocenters. The summed E-state index contributed by atoms with van der Waals surface area (Å²) in [5.41, 5.74) is 2.09. The number of carbonyl (C=O) groups excluding carboxylic acids is 2. The lowest BCUT2D eigenvalue weighted by atomic mass is 10.1. The Hall–Kier alpha value is -2.77. The smallest absolute Gasteiger partial charge is 0.266 e. The van der Waals surface area contributed by atoms with Crippen molar-refractivity contribution in [3.05, 3.63) is 80.5 Å². The normalized spacial score (nSPS) is 10.6. The van der Waals surface area contributed by atoms with E-state index in [-0.39, 0.29) is 24.2 Å². The molecule has 2 aromatic carbocycles. The van der Waals surface area contributed by atoms with Crippen molar-refractivity contribution in [3.63, 3.8) is 0 Å². The van der Waals surface area contributed by atoms with E-state index in [4.69, 9.17) is 11.6 Å². The molecule has 5 nitrogen and oxygen atoms in total. The first-order valence-corrected chi connectivity index (χ1v) is 10.0. The number of thiazole rings is 1. The van der Waals surface area contributed by atoms with Gasteiger partial charge in [-0.3, -0.25) is 9.59 Å². The number of nitrogens with zero attached hydrogens (tertiary/aromatic N) is 2. The Morgan fingerprint density at radius 2 is 1.93 bits per heavy atom. The Bertz CT molecular complexity index is 1040. The molecule has 0 aliphatic heterocycles. The monoisotopic (exact) mass is 431 g/mol. The standard InChI is InChI=1S/C21H19ClFN3O2S/c1-13-20(29-19(24-13)10-14-6-8-16(23)9-7-14)21(28)26(2)12-18(27)25-17-5-3-4-15(22)11-17/h3-9,11H,10,12H2,1-2H3,(H,25,27). The Morgan fingerprint density at radius 3 is 2.62 bits per heavy atom. The van der Waals surface area contributed by atoms with Crippen LogP contribution in [0.2, 0.25) is 5.02 Å². The number of carbonyl (C=O) groups is 2. The fraction of sp³-hybridized carbons (Fsp3) is 0.190. The first-order valence-electron chi connectivity index (χ1n) is 8.83. The van der Waals surface area contributed by atoms with Gasteiger partial charge in [0.05, 0.1) is 17.2 Å². The molecule has 0 saturated carbocycles. The van der Waals surface area contributed by atoms with Gasteiger partial charge in [0.2, 0.25) is 5.91 Å². The lowest BCUT2D eigenvalue weighted by Gasteiger charge is -2.16. The maximum absolute atomic E-state index is 13.0. The number of rotatable bonds is 6. The first kappa shape index (κ1) is 21.0. The van der Waals surface area contributed by atoms with E-state index in [0.717, 1.165) is 10.6 Å². The Labute approximate surface area is 177 Å². The number of anilines is 1. The van der Waals surface area contributed by atoms with Gasteiger partial charge in [-0.2, -0.15) is 0 Å². The topological polar surface area (TPSA) is 62.3 Å². The van der Waals surface area contributed by atoms with Crippen LogP contribution >= 0.6 is 22.9 Å². The van der Waals surface area contributed by atoms with Gasteiger partial charge in [0.25, 0.3) is 5.91 Å². The Morgan fingerprint density at radius 1 is 1.21 bits per heavy atom. The molecule has 1 N–H and O–H groups in total. The number of hydrogen-bond donors (Lipinski definition) is 1. The molecule has 0 aliphatic rings. The van der Waals surface area contributed by atoms with Crippen molar-refractivity contribution in [2.24, 2.45) is 0 Å². The fourth-order valence-electron chi connectivity index (χ4n) is 2.73. The maximum atomic E-state index is 13.0. The van der Waals surface area contributed by atoms with Crippen LogP contribution in [-0.2, 0) is 11.2 Å². The summed E-state index contributed by atoms with van der Waals surface area (Å²) in [7, 11) is 1.57. The highest BCUT2D eigenvalue weighted by molar-refractivity contribution is 7.13. The van der Waals surface area contributed by atoms with Gasteiger partial charge in [-0.05, 0) is 42.8 Å². The summed E-state index contributed by atoms with van der Waals surface area (Å²) >= 11 is 7.19. The minimum absolute atomic E-state index is 0.101. The number of nitrogens with one attached hydrogen (secondary N) is 1. The van der Waals surface area contributed by atoms with Gasteiger partial charge in [-0.15, -0.1) is 11.3 Å².